The summed E-state index contributed by atoms with van der Waals surface area (Å²) in [5.41, 5.74) is 1.48. The zero-order valence-corrected chi connectivity index (χ0v) is 14.5. The molecule has 2 aromatic rings. The lowest BCUT2D eigenvalue weighted by Crippen LogP contribution is -2.30. The van der Waals surface area contributed by atoms with Crippen LogP contribution in [0, 0.1) is 0 Å². The van der Waals surface area contributed by atoms with Gasteiger partial charge in [0.1, 0.15) is 0 Å². The number of aliphatic hydroxyl groups excluding tert-OH is 1. The van der Waals surface area contributed by atoms with Gasteiger partial charge in [0.05, 0.1) is 18.7 Å². The highest BCUT2D eigenvalue weighted by Crippen LogP contribution is 2.41. The van der Waals surface area contributed by atoms with Crippen LogP contribution in [0.2, 0.25) is 0 Å². The number of methoxy groups -OCH3 is 1. The molecule has 134 valence electrons. The van der Waals surface area contributed by atoms with Gasteiger partial charge in [-0.15, -0.1) is 0 Å². The van der Waals surface area contributed by atoms with Gasteiger partial charge in [-0.25, -0.2) is 0 Å². The quantitative estimate of drug-likeness (QED) is 0.863. The molecule has 2 aromatic carbocycles. The molecule has 0 spiro atoms. The van der Waals surface area contributed by atoms with Crippen LogP contribution in [0.15, 0.2) is 59.9 Å². The summed E-state index contributed by atoms with van der Waals surface area (Å²) in [6.07, 6.45) is 0. The molecule has 0 bridgehead atoms. The highest BCUT2D eigenvalue weighted by molar-refractivity contribution is 6.08. The summed E-state index contributed by atoms with van der Waals surface area (Å²) in [4.78, 5) is 26.2. The van der Waals surface area contributed by atoms with Crippen LogP contribution in [-0.4, -0.2) is 33.9 Å². The Labute approximate surface area is 150 Å². The van der Waals surface area contributed by atoms with E-state index < -0.39 is 17.7 Å². The van der Waals surface area contributed by atoms with E-state index in [1.807, 2.05) is 30.3 Å². The molecule has 6 nitrogen and oxygen atoms in total. The molecule has 0 saturated heterocycles. The number of rotatable bonds is 5. The first-order chi connectivity index (χ1) is 12.4. The van der Waals surface area contributed by atoms with Crippen LogP contribution >= 0.6 is 0 Å². The number of phenolic OH excluding ortho intramolecular Hbond substituents is 1. The lowest BCUT2D eigenvalue weighted by Gasteiger charge is -2.27. The second-order valence-electron chi connectivity index (χ2n) is 6.07. The summed E-state index contributed by atoms with van der Waals surface area (Å²) >= 11 is 0. The number of hydrogen-bond donors (Lipinski definition) is 2. The number of ketones is 1. The minimum absolute atomic E-state index is 0.0404. The largest absolute Gasteiger partial charge is 0.504 e. The van der Waals surface area contributed by atoms with Gasteiger partial charge in [-0.2, -0.15) is 0 Å². The van der Waals surface area contributed by atoms with Crippen molar-refractivity contribution in [3.05, 3.63) is 71.0 Å². The molecule has 1 aliphatic heterocycles. The Kier molecular flexibility index (Phi) is 4.67. The number of hydrogen-bond acceptors (Lipinski definition) is 5. The Morgan fingerprint density at radius 1 is 1.15 bits per heavy atom. The number of aromatic hydroxyl groups is 1. The van der Waals surface area contributed by atoms with Crippen molar-refractivity contribution in [2.45, 2.75) is 19.5 Å². The summed E-state index contributed by atoms with van der Waals surface area (Å²) < 4.78 is 5.13. The number of benzene rings is 2. The standard InChI is InChI=1S/C20H19NO5/c1-12(22)17-18(14-8-9-15(23)16(10-14)26-2)21(20(25)19(17)24)11-13-6-4-3-5-7-13/h3-10,18,23-24H,11H2,1-2H3/t18-/m0/s1. The van der Waals surface area contributed by atoms with Gasteiger partial charge >= 0.3 is 0 Å². The lowest BCUT2D eigenvalue weighted by molar-refractivity contribution is -0.130. The summed E-state index contributed by atoms with van der Waals surface area (Å²) in [5.74, 6) is -1.35. The lowest BCUT2D eigenvalue weighted by atomic mass is 9.96. The van der Waals surface area contributed by atoms with Gasteiger partial charge < -0.3 is 19.8 Å². The summed E-state index contributed by atoms with van der Waals surface area (Å²) in [5, 5.41) is 20.1. The molecule has 3 rings (SSSR count). The third-order valence-electron chi connectivity index (χ3n) is 4.40. The van der Waals surface area contributed by atoms with Crippen LogP contribution in [-0.2, 0) is 16.1 Å². The van der Waals surface area contributed by atoms with Crippen molar-refractivity contribution >= 4 is 11.7 Å². The minimum atomic E-state index is -0.755. The van der Waals surface area contributed by atoms with Crippen molar-refractivity contribution in [2.75, 3.05) is 7.11 Å². The number of aliphatic hydroxyl groups is 1. The van der Waals surface area contributed by atoms with E-state index in [1.54, 1.807) is 12.1 Å². The summed E-state index contributed by atoms with van der Waals surface area (Å²) in [6, 6.07) is 13.2. The number of nitrogens with zero attached hydrogens (tertiary/aromatic N) is 1. The first-order valence-electron chi connectivity index (χ1n) is 8.10. The fourth-order valence-electron chi connectivity index (χ4n) is 3.17. The van der Waals surface area contributed by atoms with E-state index in [0.29, 0.717) is 5.56 Å². The number of carbonyl (C=O) groups excluding carboxylic acids is 2. The molecule has 6 heteroatoms. The second kappa shape index (κ2) is 6.92. The second-order valence-corrected chi connectivity index (χ2v) is 6.07. The van der Waals surface area contributed by atoms with Gasteiger partial charge in [-0.05, 0) is 30.2 Å². The zero-order chi connectivity index (χ0) is 18.8. The van der Waals surface area contributed by atoms with Crippen molar-refractivity contribution in [1.29, 1.82) is 0 Å². The van der Waals surface area contributed by atoms with E-state index in [0.717, 1.165) is 5.56 Å². The number of phenols is 1. The Balaban J connectivity index is 2.08. The molecule has 0 radical (unpaired) electrons. The molecule has 0 saturated carbocycles. The number of Topliss-reactive ketones (excluding diaryl/α,β-unsaturated/α-hetero) is 1. The molecule has 0 aromatic heterocycles. The van der Waals surface area contributed by atoms with Crippen LogP contribution in [0.5, 0.6) is 11.5 Å². The maximum atomic E-state index is 12.6. The molecule has 0 unspecified atom stereocenters. The highest BCUT2D eigenvalue weighted by Gasteiger charge is 2.42. The van der Waals surface area contributed by atoms with E-state index in [1.165, 1.54) is 25.0 Å². The summed E-state index contributed by atoms with van der Waals surface area (Å²) in [7, 11) is 1.42. The maximum Gasteiger partial charge on any atom is 0.290 e. The van der Waals surface area contributed by atoms with Crippen molar-refractivity contribution in [1.82, 2.24) is 4.90 Å². The predicted octanol–water partition coefficient (Wildman–Crippen LogP) is 2.89. The number of ether oxygens (including phenoxy) is 1. The van der Waals surface area contributed by atoms with Gasteiger partial charge in [0.2, 0.25) is 0 Å². The van der Waals surface area contributed by atoms with Crippen LogP contribution in [0.25, 0.3) is 0 Å². The van der Waals surface area contributed by atoms with Gasteiger partial charge in [-0.1, -0.05) is 36.4 Å². The minimum Gasteiger partial charge on any atom is -0.504 e. The number of amides is 1. The van der Waals surface area contributed by atoms with Crippen LogP contribution < -0.4 is 4.74 Å². The normalized spacial score (nSPS) is 16.9. The average molecular weight is 353 g/mol. The molecule has 1 heterocycles. The first kappa shape index (κ1) is 17.5. The Hall–Kier alpha value is -3.28. The van der Waals surface area contributed by atoms with Crippen molar-refractivity contribution in [2.24, 2.45) is 0 Å². The maximum absolute atomic E-state index is 12.6. The predicted molar refractivity (Wildman–Crippen MR) is 94.7 cm³/mol. The third-order valence-corrected chi connectivity index (χ3v) is 4.40. The van der Waals surface area contributed by atoms with E-state index in [9.17, 15) is 19.8 Å². The summed E-state index contributed by atoms with van der Waals surface area (Å²) in [6.45, 7) is 1.55. The highest BCUT2D eigenvalue weighted by atomic mass is 16.5. The van der Waals surface area contributed by atoms with Crippen LogP contribution in [0.3, 0.4) is 0 Å². The number of carbonyl (C=O) groups is 2. The van der Waals surface area contributed by atoms with E-state index >= 15 is 0 Å². The Morgan fingerprint density at radius 3 is 2.46 bits per heavy atom. The van der Waals surface area contributed by atoms with Crippen molar-refractivity contribution < 1.29 is 24.5 Å². The Bertz CT molecular complexity index is 888. The van der Waals surface area contributed by atoms with Gasteiger partial charge in [0, 0.05) is 6.54 Å². The molecule has 1 aliphatic rings. The van der Waals surface area contributed by atoms with Crippen molar-refractivity contribution in [3.63, 3.8) is 0 Å². The van der Waals surface area contributed by atoms with Gasteiger partial charge in [0.15, 0.2) is 23.0 Å². The molecule has 1 atom stereocenters. The van der Waals surface area contributed by atoms with E-state index in [4.69, 9.17) is 4.74 Å². The SMILES string of the molecule is COc1cc([C@H]2C(C(C)=O)=C(O)C(=O)N2Cc2ccccc2)ccc1O. The molecule has 2 N–H and O–H groups in total. The molecule has 0 aliphatic carbocycles. The zero-order valence-electron chi connectivity index (χ0n) is 14.5. The smallest absolute Gasteiger partial charge is 0.290 e. The van der Waals surface area contributed by atoms with Crippen molar-refractivity contribution in [3.8, 4) is 11.5 Å². The fraction of sp³-hybridized carbons (Fsp3) is 0.200. The fourth-order valence-corrected chi connectivity index (χ4v) is 3.17. The third kappa shape index (κ3) is 3.01. The molecule has 26 heavy (non-hydrogen) atoms. The molecule has 0 fully saturated rings. The topological polar surface area (TPSA) is 87.1 Å². The monoisotopic (exact) mass is 353 g/mol. The van der Waals surface area contributed by atoms with Gasteiger partial charge in [0.25, 0.3) is 5.91 Å². The average Bonchev–Trinajstić information content (AvgIpc) is 2.88. The first-order valence-corrected chi connectivity index (χ1v) is 8.10. The van der Waals surface area contributed by atoms with E-state index in [2.05, 4.69) is 0 Å². The van der Waals surface area contributed by atoms with E-state index in [-0.39, 0.29) is 29.4 Å². The molecular weight excluding hydrogens is 334 g/mol. The molecular formula is C20H19NO5. The molecule has 1 amide bonds. The van der Waals surface area contributed by atoms with Crippen LogP contribution in [0.1, 0.15) is 24.1 Å². The van der Waals surface area contributed by atoms with Gasteiger partial charge in [-0.3, -0.25) is 9.59 Å². The Morgan fingerprint density at radius 2 is 1.85 bits per heavy atom. The van der Waals surface area contributed by atoms with Crippen LogP contribution in [0.4, 0.5) is 0 Å².